The first-order valence-corrected chi connectivity index (χ1v) is 12.7. The van der Waals surface area contributed by atoms with Gasteiger partial charge in [-0.1, -0.05) is 63.8 Å². The van der Waals surface area contributed by atoms with Crippen molar-refractivity contribution in [1.82, 2.24) is 5.32 Å². The molecule has 0 aliphatic rings. The van der Waals surface area contributed by atoms with E-state index in [-0.39, 0.29) is 23.0 Å². The molecule has 0 amide bonds. The molecule has 0 radical (unpaired) electrons. The van der Waals surface area contributed by atoms with E-state index < -0.39 is 5.60 Å². The van der Waals surface area contributed by atoms with Crippen molar-refractivity contribution in [3.05, 3.63) is 60.5 Å². The number of allylic oxidation sites excluding steroid dienone is 2. The van der Waals surface area contributed by atoms with Gasteiger partial charge in [0.1, 0.15) is 11.2 Å². The van der Waals surface area contributed by atoms with E-state index in [0.717, 1.165) is 50.0 Å². The Bertz CT molecular complexity index is 786. The van der Waals surface area contributed by atoms with Crippen molar-refractivity contribution in [3.8, 4) is 0 Å². The minimum absolute atomic E-state index is 0.158. The summed E-state index contributed by atoms with van der Waals surface area (Å²) in [6.45, 7) is 24.5. The van der Waals surface area contributed by atoms with Gasteiger partial charge in [-0.15, -0.1) is 0 Å². The lowest BCUT2D eigenvalue weighted by Gasteiger charge is -2.39. The molecule has 34 heavy (non-hydrogen) atoms. The molecule has 0 saturated carbocycles. The third-order valence-corrected chi connectivity index (χ3v) is 5.57. The van der Waals surface area contributed by atoms with E-state index in [1.54, 1.807) is 0 Å². The van der Waals surface area contributed by atoms with Crippen LogP contribution in [0.1, 0.15) is 99.5 Å². The van der Waals surface area contributed by atoms with Crippen molar-refractivity contribution in [2.45, 2.75) is 117 Å². The van der Waals surface area contributed by atoms with Gasteiger partial charge in [-0.05, 0) is 79.2 Å². The molecule has 1 aromatic rings. The molecule has 192 valence electrons. The van der Waals surface area contributed by atoms with Crippen LogP contribution in [0.2, 0.25) is 0 Å². The molecule has 0 aromatic heterocycles. The van der Waals surface area contributed by atoms with Gasteiger partial charge in [0.15, 0.2) is 0 Å². The molecule has 0 aliphatic heterocycles. The molecule has 1 rings (SSSR count). The second-order valence-corrected chi connectivity index (χ2v) is 11.6. The van der Waals surface area contributed by atoms with Crippen LogP contribution in [0.4, 0.5) is 0 Å². The van der Waals surface area contributed by atoms with Crippen molar-refractivity contribution in [3.63, 3.8) is 0 Å². The number of benzene rings is 1. The zero-order valence-electron chi connectivity index (χ0n) is 23.1. The number of carbonyl (C=O) groups excluding carboxylic acids is 1. The lowest BCUT2D eigenvalue weighted by atomic mass is 9.79. The Morgan fingerprint density at radius 1 is 0.941 bits per heavy atom. The Labute approximate surface area is 209 Å². The first-order chi connectivity index (χ1) is 15.6. The molecule has 0 aliphatic carbocycles. The monoisotopic (exact) mass is 471 g/mol. The van der Waals surface area contributed by atoms with Crippen LogP contribution in [-0.4, -0.2) is 22.7 Å². The fourth-order valence-electron chi connectivity index (χ4n) is 4.30. The molecular weight excluding hydrogens is 422 g/mol. The van der Waals surface area contributed by atoms with Crippen LogP contribution in [0.5, 0.6) is 0 Å². The third kappa shape index (κ3) is 12.3. The Hall–Kier alpha value is -2.23. The minimum atomic E-state index is -0.500. The molecular formula is C30H49NO3. The molecule has 2 atom stereocenters. The predicted octanol–water partition coefficient (Wildman–Crippen LogP) is 7.74. The molecule has 0 heterocycles. The smallest absolute Gasteiger partial charge is 0.309 e. The van der Waals surface area contributed by atoms with Gasteiger partial charge in [-0.3, -0.25) is 4.79 Å². The van der Waals surface area contributed by atoms with Crippen molar-refractivity contribution in [2.75, 3.05) is 0 Å². The predicted molar refractivity (Wildman–Crippen MR) is 144 cm³/mol. The highest BCUT2D eigenvalue weighted by Gasteiger charge is 2.35. The highest BCUT2D eigenvalue weighted by atomic mass is 16.6. The average molecular weight is 472 g/mol. The summed E-state index contributed by atoms with van der Waals surface area (Å²) in [6, 6.07) is 10.5. The quantitative estimate of drug-likeness (QED) is 0.223. The van der Waals surface area contributed by atoms with E-state index in [0.29, 0.717) is 6.42 Å². The molecule has 0 spiro atoms. The van der Waals surface area contributed by atoms with Crippen LogP contribution in [0.3, 0.4) is 0 Å². The summed E-state index contributed by atoms with van der Waals surface area (Å²) in [5.41, 5.74) is 1.22. The fourth-order valence-corrected chi connectivity index (χ4v) is 4.30. The summed E-state index contributed by atoms with van der Waals surface area (Å²) in [4.78, 5) is 12.8. The van der Waals surface area contributed by atoms with Crippen LogP contribution < -0.4 is 5.32 Å². The van der Waals surface area contributed by atoms with Crippen molar-refractivity contribution >= 4 is 5.97 Å². The van der Waals surface area contributed by atoms with E-state index in [9.17, 15) is 4.79 Å². The second-order valence-electron chi connectivity index (χ2n) is 11.6. The maximum absolute atomic E-state index is 12.8. The van der Waals surface area contributed by atoms with Gasteiger partial charge in [0.05, 0.1) is 11.7 Å². The minimum Gasteiger partial charge on any atom is -0.493 e. The maximum atomic E-state index is 12.8. The first kappa shape index (κ1) is 29.8. The van der Waals surface area contributed by atoms with Gasteiger partial charge in [0.2, 0.25) is 0 Å². The van der Waals surface area contributed by atoms with Crippen molar-refractivity contribution in [1.29, 1.82) is 0 Å². The summed E-state index contributed by atoms with van der Waals surface area (Å²) >= 11 is 0. The number of nitrogens with one attached hydrogen (secondary N) is 1. The average Bonchev–Trinajstić information content (AvgIpc) is 2.69. The Balaban J connectivity index is 3.02. The van der Waals surface area contributed by atoms with Crippen LogP contribution in [0.15, 0.2) is 54.9 Å². The lowest BCUT2D eigenvalue weighted by molar-refractivity contribution is -0.160. The van der Waals surface area contributed by atoms with E-state index in [1.165, 1.54) is 5.56 Å². The summed E-state index contributed by atoms with van der Waals surface area (Å²) in [5, 5.41) is 3.77. The topological polar surface area (TPSA) is 47.6 Å². The van der Waals surface area contributed by atoms with Crippen molar-refractivity contribution in [2.24, 2.45) is 5.92 Å². The SMILES string of the molecule is C=C(CCc1ccccc1)NC(CCC)(CCC(=C)OC(C)(C)C)CC(C)C(=O)OC(C)(C)C. The van der Waals surface area contributed by atoms with E-state index in [1.807, 2.05) is 54.5 Å². The van der Waals surface area contributed by atoms with Crippen LogP contribution in [-0.2, 0) is 20.7 Å². The van der Waals surface area contributed by atoms with Gasteiger partial charge < -0.3 is 14.8 Å². The van der Waals surface area contributed by atoms with Gasteiger partial charge in [-0.25, -0.2) is 0 Å². The Kier molecular flexibility index (Phi) is 11.4. The number of hydrogen-bond donors (Lipinski definition) is 1. The molecule has 0 saturated heterocycles. The molecule has 4 heteroatoms. The van der Waals surface area contributed by atoms with Gasteiger partial charge >= 0.3 is 5.97 Å². The summed E-state index contributed by atoms with van der Waals surface area (Å²) in [6.07, 6.45) is 5.89. The standard InChI is InChI=1S/C30H49NO3/c1-11-20-30(21-19-25(4)33-28(5,6)7,22-23(2)27(32)34-29(8,9)10)31-24(3)17-18-26-15-13-12-14-16-26/h12-16,23,31H,3-4,11,17-22H2,1-2,5-10H3. The highest BCUT2D eigenvalue weighted by molar-refractivity contribution is 5.72. The second kappa shape index (κ2) is 13.0. The third-order valence-electron chi connectivity index (χ3n) is 5.57. The summed E-state index contributed by atoms with van der Waals surface area (Å²) in [5.74, 6) is 0.376. The number of aryl methyl sites for hydroxylation is 1. The normalized spacial score (nSPS) is 14.6. The van der Waals surface area contributed by atoms with Crippen LogP contribution in [0, 0.1) is 5.92 Å². The van der Waals surface area contributed by atoms with Crippen LogP contribution >= 0.6 is 0 Å². The van der Waals surface area contributed by atoms with Crippen molar-refractivity contribution < 1.29 is 14.3 Å². The molecule has 0 fully saturated rings. The zero-order chi connectivity index (χ0) is 26.0. The Morgan fingerprint density at radius 2 is 1.53 bits per heavy atom. The number of ether oxygens (including phenoxy) is 2. The summed E-state index contributed by atoms with van der Waals surface area (Å²) < 4.78 is 11.7. The molecule has 1 aromatic carbocycles. The first-order valence-electron chi connectivity index (χ1n) is 12.7. The zero-order valence-corrected chi connectivity index (χ0v) is 23.1. The van der Waals surface area contributed by atoms with E-state index in [4.69, 9.17) is 9.47 Å². The molecule has 0 bridgehead atoms. The fraction of sp³-hybridized carbons (Fsp3) is 0.633. The Morgan fingerprint density at radius 3 is 2.06 bits per heavy atom. The number of hydrogen-bond acceptors (Lipinski definition) is 4. The molecule has 1 N–H and O–H groups in total. The van der Waals surface area contributed by atoms with Gasteiger partial charge in [0, 0.05) is 17.7 Å². The largest absolute Gasteiger partial charge is 0.493 e. The highest BCUT2D eigenvalue weighted by Crippen LogP contribution is 2.32. The number of rotatable bonds is 14. The van der Waals surface area contributed by atoms with Gasteiger partial charge in [0.25, 0.3) is 0 Å². The number of esters is 1. The molecule has 4 nitrogen and oxygen atoms in total. The maximum Gasteiger partial charge on any atom is 0.309 e. The van der Waals surface area contributed by atoms with Crippen LogP contribution in [0.25, 0.3) is 0 Å². The van der Waals surface area contributed by atoms with E-state index >= 15 is 0 Å². The number of carbonyl (C=O) groups is 1. The lowest BCUT2D eigenvalue weighted by Crippen LogP contribution is -2.47. The van der Waals surface area contributed by atoms with Gasteiger partial charge in [-0.2, -0.15) is 0 Å². The summed E-state index contributed by atoms with van der Waals surface area (Å²) in [7, 11) is 0. The van der Waals surface area contributed by atoms with E-state index in [2.05, 4.69) is 49.7 Å². The molecule has 2 unspecified atom stereocenters.